The molecule has 9 heteroatoms. The van der Waals surface area contributed by atoms with Gasteiger partial charge in [-0.1, -0.05) is 5.16 Å². The summed E-state index contributed by atoms with van der Waals surface area (Å²) in [5, 5.41) is 15.2. The van der Waals surface area contributed by atoms with Gasteiger partial charge in [-0.3, -0.25) is 4.90 Å². The maximum absolute atomic E-state index is 5.50. The van der Waals surface area contributed by atoms with Gasteiger partial charge in [0.25, 0.3) is 0 Å². The normalized spacial score (nSPS) is 17.4. The number of piperidine rings is 1. The molecule has 0 bridgehead atoms. The average molecular weight is 421 g/mol. The molecule has 3 heterocycles. The second-order valence-corrected chi connectivity index (χ2v) is 7.95. The molecule has 1 atom stereocenters. The molecular weight excluding hydrogens is 388 g/mol. The molecule has 3 rings (SSSR count). The highest BCUT2D eigenvalue weighted by Crippen LogP contribution is 2.16. The molecule has 2 aromatic heterocycles. The van der Waals surface area contributed by atoms with Crippen molar-refractivity contribution in [1.29, 1.82) is 0 Å². The van der Waals surface area contributed by atoms with E-state index < -0.39 is 0 Å². The highest BCUT2D eigenvalue weighted by molar-refractivity contribution is 7.07. The second-order valence-electron chi connectivity index (χ2n) is 7.17. The number of hydrogen-bond acceptors (Lipinski definition) is 7. The molecule has 1 unspecified atom stereocenters. The van der Waals surface area contributed by atoms with Gasteiger partial charge in [0.15, 0.2) is 11.8 Å². The van der Waals surface area contributed by atoms with Crippen LogP contribution < -0.4 is 10.6 Å². The van der Waals surface area contributed by atoms with E-state index in [1.165, 1.54) is 5.56 Å². The van der Waals surface area contributed by atoms with Crippen LogP contribution in [-0.4, -0.2) is 53.3 Å². The number of nitrogens with zero attached hydrogens (tertiary/aromatic N) is 4. The third kappa shape index (κ3) is 6.80. The van der Waals surface area contributed by atoms with Crippen LogP contribution in [0.3, 0.4) is 0 Å². The zero-order valence-electron chi connectivity index (χ0n) is 17.6. The summed E-state index contributed by atoms with van der Waals surface area (Å²) in [6.07, 6.45) is 2.03. The molecule has 0 saturated carbocycles. The summed E-state index contributed by atoms with van der Waals surface area (Å²) in [6, 6.07) is 2.63. The van der Waals surface area contributed by atoms with E-state index in [1.807, 2.05) is 13.8 Å². The Kier molecular flexibility index (Phi) is 8.45. The lowest BCUT2D eigenvalue weighted by Crippen LogP contribution is -2.48. The van der Waals surface area contributed by atoms with Gasteiger partial charge in [-0.05, 0) is 56.0 Å². The number of likely N-dealkylation sites (tertiary alicyclic amines) is 1. The monoisotopic (exact) mass is 420 g/mol. The van der Waals surface area contributed by atoms with Crippen LogP contribution in [0.25, 0.3) is 0 Å². The van der Waals surface area contributed by atoms with E-state index in [-0.39, 0.29) is 6.10 Å². The fraction of sp³-hybridized carbons (Fsp3) is 0.650. The summed E-state index contributed by atoms with van der Waals surface area (Å²) < 4.78 is 10.8. The highest BCUT2D eigenvalue weighted by Gasteiger charge is 2.20. The zero-order valence-corrected chi connectivity index (χ0v) is 18.4. The molecule has 0 spiro atoms. The van der Waals surface area contributed by atoms with Gasteiger partial charge in [0.05, 0.1) is 0 Å². The lowest BCUT2D eigenvalue weighted by molar-refractivity contribution is 0.0683. The van der Waals surface area contributed by atoms with Gasteiger partial charge in [-0.2, -0.15) is 16.3 Å². The zero-order chi connectivity index (χ0) is 20.5. The molecule has 1 aliphatic rings. The molecule has 0 amide bonds. The van der Waals surface area contributed by atoms with Crippen molar-refractivity contribution in [3.05, 3.63) is 34.1 Å². The first-order valence-electron chi connectivity index (χ1n) is 10.4. The Morgan fingerprint density at radius 1 is 1.41 bits per heavy atom. The third-order valence-electron chi connectivity index (χ3n) is 4.90. The predicted molar refractivity (Wildman–Crippen MR) is 115 cm³/mol. The summed E-state index contributed by atoms with van der Waals surface area (Å²) >= 11 is 1.76. The van der Waals surface area contributed by atoms with Crippen molar-refractivity contribution in [3.8, 4) is 0 Å². The molecule has 2 aromatic rings. The fourth-order valence-corrected chi connectivity index (χ4v) is 4.02. The fourth-order valence-electron chi connectivity index (χ4n) is 3.36. The molecule has 29 heavy (non-hydrogen) atoms. The molecule has 0 aliphatic carbocycles. The van der Waals surface area contributed by atoms with Crippen LogP contribution in [-0.2, 0) is 17.8 Å². The van der Waals surface area contributed by atoms with Gasteiger partial charge in [0, 0.05) is 38.8 Å². The largest absolute Gasteiger partial charge is 0.371 e. The van der Waals surface area contributed by atoms with E-state index in [2.05, 4.69) is 54.4 Å². The van der Waals surface area contributed by atoms with Crippen LogP contribution in [0.15, 0.2) is 26.3 Å². The molecule has 1 saturated heterocycles. The third-order valence-corrected chi connectivity index (χ3v) is 5.63. The van der Waals surface area contributed by atoms with Crippen molar-refractivity contribution in [2.45, 2.75) is 58.8 Å². The summed E-state index contributed by atoms with van der Waals surface area (Å²) in [6.45, 7) is 10.9. The van der Waals surface area contributed by atoms with Gasteiger partial charge in [0.2, 0.25) is 5.89 Å². The molecular formula is C20H32N6O2S. The van der Waals surface area contributed by atoms with Crippen molar-refractivity contribution in [3.63, 3.8) is 0 Å². The number of hydrogen-bond donors (Lipinski definition) is 2. The summed E-state index contributed by atoms with van der Waals surface area (Å²) in [4.78, 5) is 11.5. The number of aliphatic imine (C=N–C) groups is 1. The first kappa shape index (κ1) is 21.7. The SMILES string of the molecule is CCNC(=NCc1nc(C(C)OCC)no1)NC1CCN(Cc2ccsc2)CC1. The van der Waals surface area contributed by atoms with E-state index in [4.69, 9.17) is 9.26 Å². The first-order chi connectivity index (χ1) is 14.2. The lowest BCUT2D eigenvalue weighted by Gasteiger charge is -2.32. The van der Waals surface area contributed by atoms with Gasteiger partial charge in [-0.15, -0.1) is 0 Å². The van der Waals surface area contributed by atoms with E-state index in [1.54, 1.807) is 11.3 Å². The van der Waals surface area contributed by atoms with E-state index in [0.717, 1.165) is 45.0 Å². The Morgan fingerprint density at radius 3 is 2.93 bits per heavy atom. The lowest BCUT2D eigenvalue weighted by atomic mass is 10.0. The number of aromatic nitrogens is 2. The van der Waals surface area contributed by atoms with Crippen molar-refractivity contribution < 1.29 is 9.26 Å². The average Bonchev–Trinajstić information content (AvgIpc) is 3.40. The quantitative estimate of drug-likeness (QED) is 0.476. The van der Waals surface area contributed by atoms with Crippen LogP contribution in [0, 0.1) is 0 Å². The van der Waals surface area contributed by atoms with Crippen LogP contribution in [0.1, 0.15) is 57.0 Å². The minimum Gasteiger partial charge on any atom is -0.371 e. The predicted octanol–water partition coefficient (Wildman–Crippen LogP) is 2.95. The van der Waals surface area contributed by atoms with E-state index in [0.29, 0.717) is 30.9 Å². The van der Waals surface area contributed by atoms with Crippen molar-refractivity contribution in [2.75, 3.05) is 26.2 Å². The number of thiophene rings is 1. The Morgan fingerprint density at radius 2 is 2.24 bits per heavy atom. The number of nitrogens with one attached hydrogen (secondary N) is 2. The number of rotatable bonds is 9. The summed E-state index contributed by atoms with van der Waals surface area (Å²) in [7, 11) is 0. The second kappa shape index (κ2) is 11.3. The molecule has 8 nitrogen and oxygen atoms in total. The number of ether oxygens (including phenoxy) is 1. The maximum Gasteiger partial charge on any atom is 0.248 e. The van der Waals surface area contributed by atoms with Crippen molar-refractivity contribution in [1.82, 2.24) is 25.7 Å². The van der Waals surface area contributed by atoms with Gasteiger partial charge in [-0.25, -0.2) is 4.99 Å². The van der Waals surface area contributed by atoms with Gasteiger partial charge in [0.1, 0.15) is 12.6 Å². The first-order valence-corrected chi connectivity index (χ1v) is 11.3. The summed E-state index contributed by atoms with van der Waals surface area (Å²) in [5.41, 5.74) is 1.41. The standard InChI is InChI=1S/C20H32N6O2S/c1-4-21-20(22-12-18-24-19(25-28-18)15(3)27-5-2)23-17-6-9-26(10-7-17)13-16-8-11-29-14-16/h8,11,14-15,17H,4-7,9-10,12-13H2,1-3H3,(H2,21,22,23). The van der Waals surface area contributed by atoms with Crippen molar-refractivity contribution >= 4 is 17.3 Å². The smallest absolute Gasteiger partial charge is 0.248 e. The number of guanidine groups is 1. The molecule has 1 aliphatic heterocycles. The minimum absolute atomic E-state index is 0.174. The topological polar surface area (TPSA) is 87.8 Å². The van der Waals surface area contributed by atoms with E-state index in [9.17, 15) is 0 Å². The maximum atomic E-state index is 5.50. The minimum atomic E-state index is -0.174. The highest BCUT2D eigenvalue weighted by atomic mass is 32.1. The van der Waals surface area contributed by atoms with E-state index >= 15 is 0 Å². The molecule has 0 aromatic carbocycles. The van der Waals surface area contributed by atoms with Crippen LogP contribution in [0.2, 0.25) is 0 Å². The molecule has 1 fully saturated rings. The van der Waals surface area contributed by atoms with Crippen LogP contribution >= 0.6 is 11.3 Å². The van der Waals surface area contributed by atoms with Crippen LogP contribution in [0.5, 0.6) is 0 Å². The Bertz CT molecular complexity index is 740. The van der Waals surface area contributed by atoms with Gasteiger partial charge < -0.3 is 19.9 Å². The molecule has 0 radical (unpaired) electrons. The van der Waals surface area contributed by atoms with Gasteiger partial charge >= 0.3 is 0 Å². The summed E-state index contributed by atoms with van der Waals surface area (Å²) in [5.74, 6) is 1.85. The molecule has 2 N–H and O–H groups in total. The Balaban J connectivity index is 1.48. The Hall–Kier alpha value is -1.97. The molecule has 160 valence electrons. The Labute approximate surface area is 176 Å². The van der Waals surface area contributed by atoms with Crippen molar-refractivity contribution in [2.24, 2.45) is 4.99 Å². The van der Waals surface area contributed by atoms with Crippen LogP contribution in [0.4, 0.5) is 0 Å².